The molecule has 0 N–H and O–H groups in total. The number of amides is 2. The van der Waals surface area contributed by atoms with Crippen LogP contribution in [0.5, 0.6) is 0 Å². The number of unbranched alkanes of at least 4 members (excludes halogenated alkanes) is 9. The molecule has 0 aliphatic carbocycles. The molecule has 0 radical (unpaired) electrons. The number of likely N-dealkylation sites (tertiary alicyclic amines) is 1. The average Bonchev–Trinajstić information content (AvgIpc) is 2.80. The quantitative estimate of drug-likeness (QED) is 0.276. The number of carbonyl (C=O) groups excluding carboxylic acids is 4. The zero-order valence-electron chi connectivity index (χ0n) is 16.8. The number of hydrogen-bond donors (Lipinski definition) is 0. The number of rotatable bonds is 13. The zero-order valence-corrected chi connectivity index (χ0v) is 16.8. The number of ether oxygens (including phenoxy) is 2. The molecule has 1 heterocycles. The van der Waals surface area contributed by atoms with Gasteiger partial charge in [-0.1, -0.05) is 64.7 Å². The van der Waals surface area contributed by atoms with Crippen LogP contribution >= 0.6 is 0 Å². The van der Waals surface area contributed by atoms with Crippen molar-refractivity contribution in [2.45, 2.75) is 97.2 Å². The van der Waals surface area contributed by atoms with Crippen LogP contribution in [0.15, 0.2) is 0 Å². The van der Waals surface area contributed by atoms with Gasteiger partial charge in [0.25, 0.3) is 11.8 Å². The average molecular weight is 383 g/mol. The van der Waals surface area contributed by atoms with Gasteiger partial charge in [0, 0.05) is 20.4 Å². The summed E-state index contributed by atoms with van der Waals surface area (Å²) in [6, 6.07) is 0. The molecule has 0 aromatic carbocycles. The highest BCUT2D eigenvalue weighted by atomic mass is 16.6. The van der Waals surface area contributed by atoms with Crippen molar-refractivity contribution in [2.75, 3.05) is 6.54 Å². The Morgan fingerprint density at radius 3 is 1.48 bits per heavy atom. The lowest BCUT2D eigenvalue weighted by Gasteiger charge is -2.14. The molecule has 154 valence electrons. The summed E-state index contributed by atoms with van der Waals surface area (Å²) in [5.74, 6) is -2.62. The summed E-state index contributed by atoms with van der Waals surface area (Å²) in [4.78, 5) is 48.2. The second-order valence-corrected chi connectivity index (χ2v) is 7.07. The van der Waals surface area contributed by atoms with Gasteiger partial charge in [-0.05, 0) is 6.42 Å². The van der Waals surface area contributed by atoms with Crippen molar-refractivity contribution in [3.63, 3.8) is 0 Å². The van der Waals surface area contributed by atoms with E-state index >= 15 is 0 Å². The van der Waals surface area contributed by atoms with E-state index in [-0.39, 0.29) is 6.54 Å². The molecule has 2 amide bonds. The first kappa shape index (κ1) is 23.1. The van der Waals surface area contributed by atoms with E-state index in [1.807, 2.05) is 0 Å². The fourth-order valence-corrected chi connectivity index (χ4v) is 3.23. The first-order valence-corrected chi connectivity index (χ1v) is 10.1. The largest absolute Gasteiger partial charge is 0.448 e. The Labute approximate surface area is 161 Å². The van der Waals surface area contributed by atoms with E-state index in [1.165, 1.54) is 38.5 Å². The summed E-state index contributed by atoms with van der Waals surface area (Å²) in [6.07, 6.45) is 8.71. The summed E-state index contributed by atoms with van der Waals surface area (Å²) in [6.45, 7) is 4.75. The Kier molecular flexibility index (Phi) is 10.7. The van der Waals surface area contributed by atoms with Crippen LogP contribution in [-0.2, 0) is 28.7 Å². The van der Waals surface area contributed by atoms with Crippen LogP contribution < -0.4 is 0 Å². The molecule has 0 saturated carbocycles. The van der Waals surface area contributed by atoms with E-state index in [0.717, 1.165) is 38.0 Å². The molecule has 0 unspecified atom stereocenters. The lowest BCUT2D eigenvalue weighted by molar-refractivity contribution is -0.167. The molecule has 1 aliphatic rings. The minimum Gasteiger partial charge on any atom is -0.448 e. The van der Waals surface area contributed by atoms with Gasteiger partial charge < -0.3 is 9.47 Å². The third kappa shape index (κ3) is 8.10. The van der Waals surface area contributed by atoms with E-state index in [0.29, 0.717) is 6.42 Å². The molecule has 0 aromatic heterocycles. The molecule has 27 heavy (non-hydrogen) atoms. The van der Waals surface area contributed by atoms with Gasteiger partial charge >= 0.3 is 11.9 Å². The molecular formula is C20H33NO6. The molecule has 7 nitrogen and oxygen atoms in total. The monoisotopic (exact) mass is 383 g/mol. The molecule has 0 bridgehead atoms. The van der Waals surface area contributed by atoms with Crippen LogP contribution in [0, 0.1) is 0 Å². The van der Waals surface area contributed by atoms with Gasteiger partial charge in [-0.3, -0.25) is 24.1 Å². The summed E-state index contributed by atoms with van der Waals surface area (Å²) < 4.78 is 9.82. The highest BCUT2D eigenvalue weighted by molar-refractivity contribution is 6.09. The standard InChI is InChI=1S/C20H33NO6/c1-4-5-6-7-8-9-10-11-12-13-14-21-19(24)17(26-15(2)22)18(20(21)25)27-16(3)23/h17-18H,4-14H2,1-3H3/t17-,18-/m1/s1. The maximum Gasteiger partial charge on any atom is 0.303 e. The minimum absolute atomic E-state index is 0.254. The first-order chi connectivity index (χ1) is 12.9. The van der Waals surface area contributed by atoms with E-state index in [9.17, 15) is 19.2 Å². The Bertz CT molecular complexity index is 485. The Balaban J connectivity index is 2.35. The van der Waals surface area contributed by atoms with Gasteiger partial charge in [0.2, 0.25) is 12.2 Å². The third-order valence-corrected chi connectivity index (χ3v) is 4.61. The highest BCUT2D eigenvalue weighted by Crippen LogP contribution is 2.21. The van der Waals surface area contributed by atoms with Gasteiger partial charge in [0.15, 0.2) is 0 Å². The lowest BCUT2D eigenvalue weighted by Crippen LogP contribution is -2.36. The Morgan fingerprint density at radius 2 is 1.11 bits per heavy atom. The summed E-state index contributed by atoms with van der Waals surface area (Å²) in [5.41, 5.74) is 0. The van der Waals surface area contributed by atoms with E-state index in [4.69, 9.17) is 9.47 Å². The maximum atomic E-state index is 12.4. The van der Waals surface area contributed by atoms with Crippen molar-refractivity contribution >= 4 is 23.8 Å². The normalized spacial score (nSPS) is 19.4. The molecule has 1 saturated heterocycles. The molecule has 1 fully saturated rings. The SMILES string of the molecule is CCCCCCCCCCCCN1C(=O)[C@H](OC(C)=O)[C@@H](OC(C)=O)C1=O. The van der Waals surface area contributed by atoms with Crippen molar-refractivity contribution in [1.82, 2.24) is 4.90 Å². The highest BCUT2D eigenvalue weighted by Gasteiger charge is 2.51. The summed E-state index contributed by atoms with van der Waals surface area (Å²) >= 11 is 0. The molecule has 1 aliphatic heterocycles. The van der Waals surface area contributed by atoms with Crippen molar-refractivity contribution in [3.05, 3.63) is 0 Å². The van der Waals surface area contributed by atoms with Crippen LogP contribution in [0.1, 0.15) is 85.0 Å². The molecule has 0 spiro atoms. The smallest absolute Gasteiger partial charge is 0.303 e. The minimum atomic E-state index is -1.37. The van der Waals surface area contributed by atoms with Gasteiger partial charge in [0.1, 0.15) is 0 Å². The third-order valence-electron chi connectivity index (χ3n) is 4.61. The second kappa shape index (κ2) is 12.5. The van der Waals surface area contributed by atoms with E-state index < -0.39 is 36.0 Å². The van der Waals surface area contributed by atoms with Crippen LogP contribution in [-0.4, -0.2) is 47.4 Å². The number of imide groups is 1. The lowest BCUT2D eigenvalue weighted by atomic mass is 10.1. The molecule has 1 rings (SSSR count). The summed E-state index contributed by atoms with van der Waals surface area (Å²) in [5, 5.41) is 0. The van der Waals surface area contributed by atoms with Crippen molar-refractivity contribution in [1.29, 1.82) is 0 Å². The number of hydrogen-bond acceptors (Lipinski definition) is 6. The first-order valence-electron chi connectivity index (χ1n) is 10.1. The molecule has 2 atom stereocenters. The molecule has 0 aromatic rings. The predicted octanol–water partition coefficient (Wildman–Crippen LogP) is 3.14. The van der Waals surface area contributed by atoms with Crippen molar-refractivity contribution < 1.29 is 28.7 Å². The van der Waals surface area contributed by atoms with Gasteiger partial charge in [-0.15, -0.1) is 0 Å². The van der Waals surface area contributed by atoms with E-state index in [2.05, 4.69) is 6.92 Å². The van der Waals surface area contributed by atoms with Gasteiger partial charge in [-0.2, -0.15) is 0 Å². The van der Waals surface area contributed by atoms with Gasteiger partial charge in [0.05, 0.1) is 0 Å². The number of carbonyl (C=O) groups is 4. The predicted molar refractivity (Wildman–Crippen MR) is 99.7 cm³/mol. The zero-order chi connectivity index (χ0) is 20.2. The fourth-order valence-electron chi connectivity index (χ4n) is 3.23. The number of nitrogens with zero attached hydrogens (tertiary/aromatic N) is 1. The van der Waals surface area contributed by atoms with Crippen molar-refractivity contribution in [3.8, 4) is 0 Å². The van der Waals surface area contributed by atoms with Crippen molar-refractivity contribution in [2.24, 2.45) is 0 Å². The Morgan fingerprint density at radius 1 is 0.741 bits per heavy atom. The number of esters is 2. The maximum absolute atomic E-state index is 12.4. The van der Waals surface area contributed by atoms with Gasteiger partial charge in [-0.25, -0.2) is 0 Å². The van der Waals surface area contributed by atoms with Crippen LogP contribution in [0.4, 0.5) is 0 Å². The van der Waals surface area contributed by atoms with Crippen LogP contribution in [0.3, 0.4) is 0 Å². The van der Waals surface area contributed by atoms with Crippen LogP contribution in [0.25, 0.3) is 0 Å². The Hall–Kier alpha value is -1.92. The molecular weight excluding hydrogens is 350 g/mol. The molecule has 7 heteroatoms. The topological polar surface area (TPSA) is 90.0 Å². The fraction of sp³-hybridized carbons (Fsp3) is 0.800. The second-order valence-electron chi connectivity index (χ2n) is 7.07. The van der Waals surface area contributed by atoms with Crippen LogP contribution in [0.2, 0.25) is 0 Å². The summed E-state index contributed by atoms with van der Waals surface area (Å²) in [7, 11) is 0. The van der Waals surface area contributed by atoms with E-state index in [1.54, 1.807) is 0 Å².